The number of halogens is 1. The van der Waals surface area contributed by atoms with Crippen LogP contribution in [-0.2, 0) is 6.42 Å². The molecule has 5 rings (SSSR count). The smallest absolute Gasteiger partial charge is 0.181 e. The van der Waals surface area contributed by atoms with E-state index in [2.05, 4.69) is 69.0 Å². The second-order valence-corrected chi connectivity index (χ2v) is 8.58. The van der Waals surface area contributed by atoms with E-state index in [0.717, 1.165) is 54.0 Å². The van der Waals surface area contributed by atoms with Gasteiger partial charge in [-0.1, -0.05) is 48.9 Å². The molecule has 0 spiro atoms. The van der Waals surface area contributed by atoms with Gasteiger partial charge in [-0.2, -0.15) is 0 Å². The second kappa shape index (κ2) is 6.83. The first-order valence-electron chi connectivity index (χ1n) is 10.0. The molecule has 3 aromatic rings. The number of hydrogen-bond acceptors (Lipinski definition) is 3. The summed E-state index contributed by atoms with van der Waals surface area (Å²) in [4.78, 5) is 2.42. The van der Waals surface area contributed by atoms with Crippen LogP contribution in [0.5, 0.6) is 0 Å². The maximum absolute atomic E-state index is 6.78. The standard InChI is InChI=1S/C22H25ClN4/c1-15-14-26(11-9-18(15)17-5-3-2-4-6-17)19-10-12-27-20(13-16-7-8-16)24-25-22(27)21(19)23/h2-6,10,12,15-16,18H,7-9,11,13-14H2,1H3. The average Bonchev–Trinajstić information content (AvgIpc) is 3.41. The van der Waals surface area contributed by atoms with Crippen molar-refractivity contribution in [3.05, 3.63) is 59.0 Å². The highest BCUT2D eigenvalue weighted by molar-refractivity contribution is 6.36. The molecular weight excluding hydrogens is 356 g/mol. The molecule has 1 saturated carbocycles. The van der Waals surface area contributed by atoms with Crippen molar-refractivity contribution in [1.82, 2.24) is 14.6 Å². The number of nitrogens with zero attached hydrogens (tertiary/aromatic N) is 4. The average molecular weight is 381 g/mol. The lowest BCUT2D eigenvalue weighted by Gasteiger charge is -2.39. The SMILES string of the molecule is CC1CN(c2ccn3c(CC4CC4)nnc3c2Cl)CCC1c1ccccc1. The Balaban J connectivity index is 1.38. The first-order chi connectivity index (χ1) is 13.2. The van der Waals surface area contributed by atoms with Crippen molar-refractivity contribution in [3.63, 3.8) is 0 Å². The Labute approximate surface area is 165 Å². The molecule has 140 valence electrons. The molecule has 2 unspecified atom stereocenters. The number of fused-ring (bicyclic) bond motifs is 1. The fourth-order valence-electron chi connectivity index (χ4n) is 4.49. The Hall–Kier alpha value is -2.07. The molecule has 2 aliphatic rings. The number of aromatic nitrogens is 3. The molecule has 0 radical (unpaired) electrons. The Morgan fingerprint density at radius 2 is 1.89 bits per heavy atom. The van der Waals surface area contributed by atoms with Gasteiger partial charge in [-0.15, -0.1) is 10.2 Å². The van der Waals surface area contributed by atoms with Gasteiger partial charge in [0.25, 0.3) is 0 Å². The molecule has 1 aliphatic heterocycles. The van der Waals surface area contributed by atoms with Crippen molar-refractivity contribution < 1.29 is 0 Å². The quantitative estimate of drug-likeness (QED) is 0.641. The number of benzene rings is 1. The van der Waals surface area contributed by atoms with Crippen LogP contribution in [-0.4, -0.2) is 27.7 Å². The van der Waals surface area contributed by atoms with Crippen LogP contribution in [0.25, 0.3) is 5.65 Å². The number of rotatable bonds is 4. The minimum atomic E-state index is 0.580. The van der Waals surface area contributed by atoms with Crippen LogP contribution in [0.4, 0.5) is 5.69 Å². The predicted molar refractivity (Wildman–Crippen MR) is 110 cm³/mol. The first kappa shape index (κ1) is 17.1. The summed E-state index contributed by atoms with van der Waals surface area (Å²) in [7, 11) is 0. The molecule has 1 aromatic carbocycles. The molecule has 0 bridgehead atoms. The molecule has 27 heavy (non-hydrogen) atoms. The molecular formula is C22H25ClN4. The fraction of sp³-hybridized carbons (Fsp3) is 0.455. The first-order valence-corrected chi connectivity index (χ1v) is 10.4. The van der Waals surface area contributed by atoms with Crippen molar-refractivity contribution in [3.8, 4) is 0 Å². The highest BCUT2D eigenvalue weighted by Gasteiger charge is 2.29. The van der Waals surface area contributed by atoms with Crippen LogP contribution in [0.2, 0.25) is 5.02 Å². The maximum atomic E-state index is 6.78. The number of anilines is 1. The van der Waals surface area contributed by atoms with Gasteiger partial charge in [0.1, 0.15) is 10.8 Å². The molecule has 1 saturated heterocycles. The molecule has 2 atom stereocenters. The zero-order chi connectivity index (χ0) is 18.4. The van der Waals surface area contributed by atoms with Crippen molar-refractivity contribution >= 4 is 22.9 Å². The number of hydrogen-bond donors (Lipinski definition) is 0. The Kier molecular flexibility index (Phi) is 4.31. The third-order valence-corrected chi connectivity index (χ3v) is 6.57. The summed E-state index contributed by atoms with van der Waals surface area (Å²) in [5.74, 6) is 3.02. The van der Waals surface area contributed by atoms with E-state index in [1.165, 1.54) is 18.4 Å². The van der Waals surface area contributed by atoms with Crippen molar-refractivity contribution in [2.45, 2.75) is 38.5 Å². The minimum Gasteiger partial charge on any atom is -0.370 e. The van der Waals surface area contributed by atoms with Crippen LogP contribution in [0.15, 0.2) is 42.6 Å². The molecule has 1 aliphatic carbocycles. The van der Waals surface area contributed by atoms with E-state index in [4.69, 9.17) is 11.6 Å². The van der Waals surface area contributed by atoms with Crippen LogP contribution in [0, 0.1) is 11.8 Å². The van der Waals surface area contributed by atoms with E-state index in [9.17, 15) is 0 Å². The van der Waals surface area contributed by atoms with Crippen molar-refractivity contribution in [1.29, 1.82) is 0 Å². The van der Waals surface area contributed by atoms with E-state index in [1.807, 2.05) is 0 Å². The summed E-state index contributed by atoms with van der Waals surface area (Å²) in [6.45, 7) is 4.38. The van der Waals surface area contributed by atoms with Crippen molar-refractivity contribution in [2.24, 2.45) is 11.8 Å². The monoisotopic (exact) mass is 380 g/mol. The van der Waals surface area contributed by atoms with Gasteiger partial charge in [0.2, 0.25) is 0 Å². The predicted octanol–water partition coefficient (Wildman–Crippen LogP) is 4.97. The van der Waals surface area contributed by atoms with Gasteiger partial charge in [0, 0.05) is 25.7 Å². The Morgan fingerprint density at radius 1 is 1.07 bits per heavy atom. The van der Waals surface area contributed by atoms with Gasteiger partial charge < -0.3 is 4.90 Å². The lowest BCUT2D eigenvalue weighted by molar-refractivity contribution is 0.383. The molecule has 2 aromatic heterocycles. The summed E-state index contributed by atoms with van der Waals surface area (Å²) in [5, 5.41) is 9.52. The summed E-state index contributed by atoms with van der Waals surface area (Å²) in [5.41, 5.74) is 3.34. The van der Waals surface area contributed by atoms with Crippen LogP contribution in [0.3, 0.4) is 0 Å². The van der Waals surface area contributed by atoms with Gasteiger partial charge in [-0.25, -0.2) is 0 Å². The van der Waals surface area contributed by atoms with E-state index in [0.29, 0.717) is 11.8 Å². The van der Waals surface area contributed by atoms with Crippen LogP contribution < -0.4 is 4.90 Å². The number of pyridine rings is 1. The van der Waals surface area contributed by atoms with E-state index in [1.54, 1.807) is 0 Å². The van der Waals surface area contributed by atoms with Crippen LogP contribution in [0.1, 0.15) is 43.5 Å². The molecule has 2 fully saturated rings. The molecule has 0 N–H and O–H groups in total. The lowest BCUT2D eigenvalue weighted by atomic mass is 9.81. The molecule has 0 amide bonds. The van der Waals surface area contributed by atoms with Gasteiger partial charge in [-0.3, -0.25) is 4.40 Å². The molecule has 5 heteroatoms. The van der Waals surface area contributed by atoms with E-state index < -0.39 is 0 Å². The summed E-state index contributed by atoms with van der Waals surface area (Å²) >= 11 is 6.78. The second-order valence-electron chi connectivity index (χ2n) is 8.20. The summed E-state index contributed by atoms with van der Waals surface area (Å²) < 4.78 is 2.07. The zero-order valence-electron chi connectivity index (χ0n) is 15.7. The highest BCUT2D eigenvalue weighted by Crippen LogP contribution is 2.38. The summed E-state index contributed by atoms with van der Waals surface area (Å²) in [6.07, 6.45) is 6.88. The number of piperidine rings is 1. The Morgan fingerprint density at radius 3 is 2.63 bits per heavy atom. The van der Waals surface area contributed by atoms with Gasteiger partial charge >= 0.3 is 0 Å². The Bertz CT molecular complexity index is 948. The van der Waals surface area contributed by atoms with Crippen LogP contribution >= 0.6 is 11.6 Å². The highest BCUT2D eigenvalue weighted by atomic mass is 35.5. The third kappa shape index (κ3) is 3.20. The third-order valence-electron chi connectivity index (χ3n) is 6.21. The van der Waals surface area contributed by atoms with Crippen molar-refractivity contribution in [2.75, 3.05) is 18.0 Å². The molecule has 3 heterocycles. The zero-order valence-corrected chi connectivity index (χ0v) is 16.4. The fourth-order valence-corrected chi connectivity index (χ4v) is 4.80. The molecule has 4 nitrogen and oxygen atoms in total. The normalized spacial score (nSPS) is 23.1. The van der Waals surface area contributed by atoms with Gasteiger partial charge in [0.15, 0.2) is 5.65 Å². The summed E-state index contributed by atoms with van der Waals surface area (Å²) in [6, 6.07) is 13.0. The van der Waals surface area contributed by atoms with E-state index >= 15 is 0 Å². The minimum absolute atomic E-state index is 0.580. The van der Waals surface area contributed by atoms with Gasteiger partial charge in [0.05, 0.1) is 5.69 Å². The topological polar surface area (TPSA) is 33.4 Å². The lowest BCUT2D eigenvalue weighted by Crippen LogP contribution is -2.38. The largest absolute Gasteiger partial charge is 0.370 e. The van der Waals surface area contributed by atoms with E-state index in [-0.39, 0.29) is 0 Å². The maximum Gasteiger partial charge on any atom is 0.181 e. The van der Waals surface area contributed by atoms with Gasteiger partial charge in [-0.05, 0) is 48.6 Å².